The molecule has 3 heterocycles. The van der Waals surface area contributed by atoms with E-state index in [4.69, 9.17) is 0 Å². The first-order chi connectivity index (χ1) is 19.6. The Morgan fingerprint density at radius 3 is 2.61 bits per heavy atom. The van der Waals surface area contributed by atoms with E-state index in [0.717, 1.165) is 29.8 Å². The summed E-state index contributed by atoms with van der Waals surface area (Å²) in [5.74, 6) is -1.22. The summed E-state index contributed by atoms with van der Waals surface area (Å²) in [6.07, 6.45) is 2.43. The second-order valence-electron chi connectivity index (χ2n) is 9.08. The summed E-state index contributed by atoms with van der Waals surface area (Å²) in [5, 5.41) is 21.0. The number of ether oxygens (including phenoxy) is 1. The number of aromatic nitrogens is 6. The number of carbonyl (C=O) groups is 2. The summed E-state index contributed by atoms with van der Waals surface area (Å²) in [7, 11) is 0. The number of rotatable bonds is 12. The molecule has 216 valence electrons. The van der Waals surface area contributed by atoms with E-state index >= 15 is 0 Å². The van der Waals surface area contributed by atoms with Gasteiger partial charge in [-0.3, -0.25) is 24.0 Å². The van der Waals surface area contributed by atoms with E-state index in [1.807, 2.05) is 0 Å². The van der Waals surface area contributed by atoms with Crippen molar-refractivity contribution in [3.8, 4) is 0 Å². The highest BCUT2D eigenvalue weighted by atomic mass is 19.4. The number of alkyl halides is 3. The van der Waals surface area contributed by atoms with Gasteiger partial charge in [-0.15, -0.1) is 23.4 Å². The number of unbranched alkanes of at least 4 members (excludes halogenated alkanes) is 1. The molecule has 0 saturated carbocycles. The van der Waals surface area contributed by atoms with Crippen LogP contribution in [0.1, 0.15) is 41.0 Å². The molecule has 2 amide bonds. The zero-order valence-corrected chi connectivity index (χ0v) is 21.6. The van der Waals surface area contributed by atoms with Gasteiger partial charge in [0.15, 0.2) is 11.5 Å². The Labute approximate surface area is 231 Å². The van der Waals surface area contributed by atoms with Crippen LogP contribution < -0.4 is 10.6 Å². The Bertz CT molecular complexity index is 1390. The molecular weight excluding hydrogens is 548 g/mol. The van der Waals surface area contributed by atoms with Crippen LogP contribution in [-0.4, -0.2) is 61.0 Å². The molecule has 0 aliphatic heterocycles. The van der Waals surface area contributed by atoms with Gasteiger partial charge in [-0.2, -0.15) is 5.10 Å². The van der Waals surface area contributed by atoms with E-state index < -0.39 is 24.2 Å². The molecular formula is C26H26F4N8O3. The minimum atomic E-state index is -4.85. The maximum atomic E-state index is 14.0. The summed E-state index contributed by atoms with van der Waals surface area (Å²) < 4.78 is 56.7. The molecule has 1 atom stereocenters. The predicted octanol–water partition coefficient (Wildman–Crippen LogP) is 3.49. The third-order valence-corrected chi connectivity index (χ3v) is 5.89. The molecule has 11 nitrogen and oxygen atoms in total. The van der Waals surface area contributed by atoms with Crippen LogP contribution in [0.4, 0.5) is 23.4 Å². The normalized spacial score (nSPS) is 15.2. The third-order valence-electron chi connectivity index (χ3n) is 5.89. The molecule has 0 radical (unpaired) electrons. The summed E-state index contributed by atoms with van der Waals surface area (Å²) in [5.41, 5.74) is 1.46. The summed E-state index contributed by atoms with van der Waals surface area (Å²) in [4.78, 5) is 28.4. The van der Waals surface area contributed by atoms with Crippen molar-refractivity contribution in [2.75, 3.05) is 11.9 Å². The maximum absolute atomic E-state index is 14.0. The number of halogens is 4. The zero-order valence-electron chi connectivity index (χ0n) is 21.6. The van der Waals surface area contributed by atoms with Gasteiger partial charge in [0.05, 0.1) is 24.4 Å². The van der Waals surface area contributed by atoms with Gasteiger partial charge in [-0.05, 0) is 67.7 Å². The first-order valence-electron chi connectivity index (χ1n) is 12.7. The first-order valence-corrected chi connectivity index (χ1v) is 12.7. The van der Waals surface area contributed by atoms with E-state index in [0.29, 0.717) is 25.2 Å². The van der Waals surface area contributed by atoms with Crippen molar-refractivity contribution in [1.82, 2.24) is 35.5 Å². The molecule has 3 aromatic heterocycles. The number of nitrogens with one attached hydrogen (secondary N) is 2. The molecule has 0 aromatic carbocycles. The van der Waals surface area contributed by atoms with Crippen LogP contribution >= 0.6 is 0 Å². The Morgan fingerprint density at radius 1 is 1.07 bits per heavy atom. The highest BCUT2D eigenvalue weighted by molar-refractivity contribution is 5.92. The highest BCUT2D eigenvalue weighted by Crippen LogP contribution is 2.27. The Morgan fingerprint density at radius 2 is 1.88 bits per heavy atom. The first kappa shape index (κ1) is 29.5. The second-order valence-corrected chi connectivity index (χ2v) is 9.08. The molecule has 4 rings (SSSR count). The van der Waals surface area contributed by atoms with Crippen LogP contribution in [0.25, 0.3) is 0 Å². The summed E-state index contributed by atoms with van der Waals surface area (Å²) >= 11 is 0. The highest BCUT2D eigenvalue weighted by Gasteiger charge is 2.33. The van der Waals surface area contributed by atoms with E-state index in [2.05, 4.69) is 40.9 Å². The quantitative estimate of drug-likeness (QED) is 0.248. The maximum Gasteiger partial charge on any atom is 0.523 e. The lowest BCUT2D eigenvalue weighted by molar-refractivity contribution is -0.336. The number of pyridine rings is 1. The van der Waals surface area contributed by atoms with Crippen LogP contribution in [0.5, 0.6) is 0 Å². The number of amides is 2. The Hall–Kier alpha value is -4.53. The largest absolute Gasteiger partial charge is 0.523 e. The third kappa shape index (κ3) is 9.56. The Kier molecular flexibility index (Phi) is 9.84. The SMILES string of the molecule is O=C(Cc1ccncc1)Nc1ccc(CCCCn2cc(C(=O)NCC3=CC(OC(F)(F)F)CC=C3F)nn2)nn1. The molecule has 0 fully saturated rings. The van der Waals surface area contributed by atoms with E-state index in [1.165, 1.54) is 10.9 Å². The van der Waals surface area contributed by atoms with E-state index in [9.17, 15) is 27.2 Å². The zero-order chi connectivity index (χ0) is 29.2. The van der Waals surface area contributed by atoms with Gasteiger partial charge in [0.25, 0.3) is 5.91 Å². The van der Waals surface area contributed by atoms with Crippen molar-refractivity contribution < 1.29 is 31.9 Å². The van der Waals surface area contributed by atoms with Crippen molar-refractivity contribution in [2.45, 2.75) is 51.1 Å². The predicted molar refractivity (Wildman–Crippen MR) is 137 cm³/mol. The smallest absolute Gasteiger partial charge is 0.346 e. The lowest BCUT2D eigenvalue weighted by Gasteiger charge is -2.20. The van der Waals surface area contributed by atoms with Gasteiger partial charge in [0.1, 0.15) is 5.83 Å². The number of carbonyl (C=O) groups excluding carboxylic acids is 2. The van der Waals surface area contributed by atoms with Crippen molar-refractivity contribution >= 4 is 17.6 Å². The molecule has 3 aromatic rings. The molecule has 2 N–H and O–H groups in total. The van der Waals surface area contributed by atoms with Gasteiger partial charge < -0.3 is 10.6 Å². The monoisotopic (exact) mass is 574 g/mol. The van der Waals surface area contributed by atoms with E-state index in [1.54, 1.807) is 36.7 Å². The standard InChI is InChI=1S/C26H26F4N8O3/c27-21-6-5-20(41-26(28,29)30)14-18(21)15-32-25(40)22-16-38(37-35-22)12-2-1-3-19-4-7-23(36-34-19)33-24(39)13-17-8-10-31-11-9-17/h4,6-11,14,16,20H,1-3,5,12-13,15H2,(H,32,40)(H,33,36,39). The number of hydrogen-bond acceptors (Lipinski definition) is 8. The summed E-state index contributed by atoms with van der Waals surface area (Å²) in [6, 6.07) is 6.99. The van der Waals surface area contributed by atoms with Crippen molar-refractivity contribution in [3.63, 3.8) is 0 Å². The number of nitrogens with zero attached hydrogens (tertiary/aromatic N) is 6. The van der Waals surface area contributed by atoms with Crippen LogP contribution in [-0.2, 0) is 28.9 Å². The topological polar surface area (TPSA) is 137 Å². The second kappa shape index (κ2) is 13.7. The van der Waals surface area contributed by atoms with Gasteiger partial charge >= 0.3 is 6.36 Å². The van der Waals surface area contributed by atoms with E-state index in [-0.39, 0.29) is 36.6 Å². The van der Waals surface area contributed by atoms with Gasteiger partial charge in [0, 0.05) is 31.1 Å². The number of aryl methyl sites for hydroxylation is 2. The lowest BCUT2D eigenvalue weighted by Crippen LogP contribution is -2.29. The molecule has 1 aliphatic rings. The fourth-order valence-corrected chi connectivity index (χ4v) is 3.91. The van der Waals surface area contributed by atoms with Crippen LogP contribution in [0, 0.1) is 0 Å². The van der Waals surface area contributed by atoms with Gasteiger partial charge in [0.2, 0.25) is 5.91 Å². The minimum Gasteiger partial charge on any atom is -0.346 e. The minimum absolute atomic E-state index is 0.0127. The molecule has 0 saturated heterocycles. The molecule has 41 heavy (non-hydrogen) atoms. The van der Waals surface area contributed by atoms with Gasteiger partial charge in [-0.1, -0.05) is 5.21 Å². The average Bonchev–Trinajstić information content (AvgIpc) is 3.41. The molecule has 15 heteroatoms. The fourth-order valence-electron chi connectivity index (χ4n) is 3.91. The Balaban J connectivity index is 1.16. The lowest BCUT2D eigenvalue weighted by atomic mass is 10.0. The molecule has 1 unspecified atom stereocenters. The summed E-state index contributed by atoms with van der Waals surface area (Å²) in [6.45, 7) is 0.135. The molecule has 1 aliphatic carbocycles. The fraction of sp³-hybridized carbons (Fsp3) is 0.346. The number of hydrogen-bond donors (Lipinski definition) is 2. The van der Waals surface area contributed by atoms with Crippen molar-refractivity contribution in [2.24, 2.45) is 0 Å². The molecule has 0 bridgehead atoms. The van der Waals surface area contributed by atoms with Gasteiger partial charge in [-0.25, -0.2) is 4.39 Å². The van der Waals surface area contributed by atoms with Crippen molar-refractivity contribution in [1.29, 1.82) is 0 Å². The van der Waals surface area contributed by atoms with Crippen LogP contribution in [0.3, 0.4) is 0 Å². The number of anilines is 1. The average molecular weight is 575 g/mol. The van der Waals surface area contributed by atoms with Crippen LogP contribution in [0.2, 0.25) is 0 Å². The van der Waals surface area contributed by atoms with Crippen LogP contribution in [0.15, 0.2) is 66.4 Å². The van der Waals surface area contributed by atoms with Crippen molar-refractivity contribution in [3.05, 3.63) is 83.4 Å². The molecule has 0 spiro atoms.